The Labute approximate surface area is 189 Å². The molecule has 2 aromatic heterocycles. The number of carbonyl (C=O) groups excluding carboxylic acids is 1. The van der Waals surface area contributed by atoms with E-state index in [2.05, 4.69) is 20.6 Å². The maximum absolute atomic E-state index is 13.4. The fourth-order valence-electron chi connectivity index (χ4n) is 3.37. The first-order valence-electron chi connectivity index (χ1n) is 10.0. The summed E-state index contributed by atoms with van der Waals surface area (Å²) < 4.78 is 20.6. The van der Waals surface area contributed by atoms with Gasteiger partial charge in [0.2, 0.25) is 0 Å². The molecule has 4 rings (SSSR count). The molecule has 0 bridgehead atoms. The van der Waals surface area contributed by atoms with Gasteiger partial charge >= 0.3 is 6.03 Å². The lowest BCUT2D eigenvalue weighted by molar-refractivity contribution is 0.251. The Bertz CT molecular complexity index is 1240. The summed E-state index contributed by atoms with van der Waals surface area (Å²) >= 11 is 6.00. The second-order valence-electron chi connectivity index (χ2n) is 7.02. The normalized spacial score (nSPS) is 10.8. The number of methoxy groups -OCH3 is 1. The van der Waals surface area contributed by atoms with E-state index < -0.39 is 0 Å². The first kappa shape index (κ1) is 21.6. The van der Waals surface area contributed by atoms with E-state index in [1.54, 1.807) is 36.5 Å². The number of fused-ring (bicyclic) bond motifs is 1. The van der Waals surface area contributed by atoms with Crippen LogP contribution in [0.4, 0.5) is 14.9 Å². The number of imidazole rings is 1. The monoisotopic (exact) mass is 453 g/mol. The van der Waals surface area contributed by atoms with E-state index in [0.717, 1.165) is 16.7 Å². The summed E-state index contributed by atoms with van der Waals surface area (Å²) in [5.41, 5.74) is 2.77. The van der Waals surface area contributed by atoms with Crippen LogP contribution >= 0.6 is 11.6 Å². The zero-order valence-electron chi connectivity index (χ0n) is 17.3. The predicted molar refractivity (Wildman–Crippen MR) is 123 cm³/mol. The standard InChI is InChI=1S/C23H21ClFN5O2/c1-32-20-10-7-16(24)14-19(20)29-23(31)27-12-3-13-30-21(15-5-8-17(25)9-6-15)28-18-4-2-11-26-22(18)30/h2,4-11,14H,3,12-13H2,1H3,(H2,27,29,31). The number of nitrogens with one attached hydrogen (secondary N) is 2. The molecule has 2 amide bonds. The van der Waals surface area contributed by atoms with E-state index in [9.17, 15) is 9.18 Å². The van der Waals surface area contributed by atoms with Gasteiger partial charge in [0.05, 0.1) is 12.8 Å². The minimum absolute atomic E-state index is 0.305. The number of pyridine rings is 1. The van der Waals surface area contributed by atoms with Crippen molar-refractivity contribution in [2.45, 2.75) is 13.0 Å². The molecule has 7 nitrogen and oxygen atoms in total. The molecule has 32 heavy (non-hydrogen) atoms. The number of amides is 2. The Morgan fingerprint density at radius 2 is 2.00 bits per heavy atom. The molecule has 2 N–H and O–H groups in total. The van der Waals surface area contributed by atoms with Gasteiger partial charge in [-0.3, -0.25) is 0 Å². The molecule has 0 saturated heterocycles. The maximum atomic E-state index is 13.4. The van der Waals surface area contributed by atoms with Crippen molar-refractivity contribution in [2.24, 2.45) is 0 Å². The summed E-state index contributed by atoms with van der Waals surface area (Å²) in [5.74, 6) is 0.914. The first-order chi connectivity index (χ1) is 15.5. The summed E-state index contributed by atoms with van der Waals surface area (Å²) in [4.78, 5) is 21.4. The van der Waals surface area contributed by atoms with Crippen LogP contribution in [0.3, 0.4) is 0 Å². The molecule has 0 saturated carbocycles. The molecule has 9 heteroatoms. The van der Waals surface area contributed by atoms with Crippen molar-refractivity contribution in [3.05, 3.63) is 71.6 Å². The van der Waals surface area contributed by atoms with Gasteiger partial charge in [-0.2, -0.15) is 0 Å². The zero-order valence-corrected chi connectivity index (χ0v) is 18.1. The number of urea groups is 1. The second-order valence-corrected chi connectivity index (χ2v) is 7.46. The van der Waals surface area contributed by atoms with Crippen LogP contribution in [-0.2, 0) is 6.54 Å². The molecule has 0 aliphatic rings. The number of rotatable bonds is 7. The van der Waals surface area contributed by atoms with Crippen molar-refractivity contribution in [1.29, 1.82) is 0 Å². The van der Waals surface area contributed by atoms with E-state index in [4.69, 9.17) is 16.3 Å². The SMILES string of the molecule is COc1ccc(Cl)cc1NC(=O)NCCCn1c(-c2ccc(F)cc2)nc2cccnc21. The van der Waals surface area contributed by atoms with Crippen molar-refractivity contribution in [2.75, 3.05) is 19.0 Å². The van der Waals surface area contributed by atoms with Crippen molar-refractivity contribution in [1.82, 2.24) is 19.9 Å². The van der Waals surface area contributed by atoms with Crippen LogP contribution in [0.5, 0.6) is 5.75 Å². The molecular weight excluding hydrogens is 433 g/mol. The third-order valence-corrected chi connectivity index (χ3v) is 5.10. The highest BCUT2D eigenvalue weighted by Crippen LogP contribution is 2.27. The van der Waals surface area contributed by atoms with Gasteiger partial charge in [-0.15, -0.1) is 0 Å². The van der Waals surface area contributed by atoms with Crippen LogP contribution < -0.4 is 15.4 Å². The lowest BCUT2D eigenvalue weighted by Gasteiger charge is -2.12. The number of hydrogen-bond acceptors (Lipinski definition) is 4. The number of nitrogens with zero attached hydrogens (tertiary/aromatic N) is 3. The molecule has 0 radical (unpaired) electrons. The minimum atomic E-state index is -0.363. The Morgan fingerprint density at radius 1 is 1.19 bits per heavy atom. The number of benzene rings is 2. The Hall–Kier alpha value is -3.65. The molecule has 0 spiro atoms. The van der Waals surface area contributed by atoms with Gasteiger partial charge in [0, 0.05) is 29.9 Å². The first-order valence-corrected chi connectivity index (χ1v) is 10.4. The fourth-order valence-corrected chi connectivity index (χ4v) is 3.55. The molecule has 2 heterocycles. The quantitative estimate of drug-likeness (QED) is 0.381. The summed E-state index contributed by atoms with van der Waals surface area (Å²) in [6.45, 7) is 0.991. The van der Waals surface area contributed by atoms with Gasteiger partial charge < -0.3 is 19.9 Å². The highest BCUT2D eigenvalue weighted by Gasteiger charge is 2.14. The summed E-state index contributed by atoms with van der Waals surface area (Å²) in [7, 11) is 1.52. The number of aromatic nitrogens is 3. The van der Waals surface area contributed by atoms with E-state index in [-0.39, 0.29) is 11.8 Å². The lowest BCUT2D eigenvalue weighted by atomic mass is 10.2. The third kappa shape index (κ3) is 4.81. The van der Waals surface area contributed by atoms with Gasteiger partial charge in [0.15, 0.2) is 5.65 Å². The largest absolute Gasteiger partial charge is 0.495 e. The Balaban J connectivity index is 1.42. The molecule has 0 unspecified atom stereocenters. The van der Waals surface area contributed by atoms with Crippen LogP contribution in [0.25, 0.3) is 22.6 Å². The summed E-state index contributed by atoms with van der Waals surface area (Å²) in [5, 5.41) is 6.06. The molecular formula is C23H21ClFN5O2. The zero-order chi connectivity index (χ0) is 22.5. The third-order valence-electron chi connectivity index (χ3n) is 4.86. The number of anilines is 1. The predicted octanol–water partition coefficient (Wildman–Crippen LogP) is 5.11. The smallest absolute Gasteiger partial charge is 0.319 e. The number of carbonyl (C=O) groups is 1. The molecule has 0 aliphatic heterocycles. The van der Waals surface area contributed by atoms with Crippen molar-refractivity contribution < 1.29 is 13.9 Å². The molecule has 0 fully saturated rings. The molecule has 2 aromatic carbocycles. The van der Waals surface area contributed by atoms with Crippen LogP contribution in [0.15, 0.2) is 60.8 Å². The van der Waals surface area contributed by atoms with Gasteiger partial charge in [0.25, 0.3) is 0 Å². The summed E-state index contributed by atoms with van der Waals surface area (Å²) in [6, 6.07) is 14.5. The average molecular weight is 454 g/mol. The van der Waals surface area contributed by atoms with Gasteiger partial charge in [-0.1, -0.05) is 11.6 Å². The molecule has 164 valence electrons. The van der Waals surface area contributed by atoms with Crippen LogP contribution in [-0.4, -0.2) is 34.2 Å². The van der Waals surface area contributed by atoms with Crippen LogP contribution in [0, 0.1) is 5.82 Å². The lowest BCUT2D eigenvalue weighted by Crippen LogP contribution is -2.30. The van der Waals surface area contributed by atoms with E-state index in [1.165, 1.54) is 19.2 Å². The average Bonchev–Trinajstić information content (AvgIpc) is 3.16. The Morgan fingerprint density at radius 3 is 2.78 bits per heavy atom. The number of aryl methyl sites for hydroxylation is 1. The number of ether oxygens (including phenoxy) is 1. The second kappa shape index (κ2) is 9.65. The highest BCUT2D eigenvalue weighted by molar-refractivity contribution is 6.31. The topological polar surface area (TPSA) is 81.1 Å². The molecule has 0 atom stereocenters. The van der Waals surface area contributed by atoms with E-state index >= 15 is 0 Å². The molecule has 4 aromatic rings. The van der Waals surface area contributed by atoms with Crippen molar-refractivity contribution in [3.63, 3.8) is 0 Å². The van der Waals surface area contributed by atoms with Crippen LogP contribution in [0.1, 0.15) is 6.42 Å². The van der Waals surface area contributed by atoms with Crippen molar-refractivity contribution >= 4 is 34.5 Å². The van der Waals surface area contributed by atoms with Crippen molar-refractivity contribution in [3.8, 4) is 17.1 Å². The van der Waals surface area contributed by atoms with Gasteiger partial charge in [-0.25, -0.2) is 19.2 Å². The Kier molecular flexibility index (Phi) is 6.51. The minimum Gasteiger partial charge on any atom is -0.495 e. The van der Waals surface area contributed by atoms with Crippen LogP contribution in [0.2, 0.25) is 5.02 Å². The number of hydrogen-bond donors (Lipinski definition) is 2. The summed E-state index contributed by atoms with van der Waals surface area (Å²) in [6.07, 6.45) is 2.34. The van der Waals surface area contributed by atoms with Gasteiger partial charge in [0.1, 0.15) is 22.9 Å². The van der Waals surface area contributed by atoms with Gasteiger partial charge in [-0.05, 0) is 61.0 Å². The van der Waals surface area contributed by atoms with E-state index in [0.29, 0.717) is 41.8 Å². The number of halogens is 2. The van der Waals surface area contributed by atoms with E-state index in [1.807, 2.05) is 16.7 Å². The highest BCUT2D eigenvalue weighted by atomic mass is 35.5. The molecule has 0 aliphatic carbocycles. The fraction of sp³-hybridized carbons (Fsp3) is 0.174. The maximum Gasteiger partial charge on any atom is 0.319 e.